The number of hydrogen-bond donors (Lipinski definition) is 2. The molecular weight excluding hydrogens is 252 g/mol. The van der Waals surface area contributed by atoms with E-state index in [9.17, 15) is 5.11 Å². The van der Waals surface area contributed by atoms with Crippen LogP contribution in [-0.4, -0.2) is 18.7 Å². The average molecular weight is 273 g/mol. The molecule has 3 nitrogen and oxygen atoms in total. The quantitative estimate of drug-likeness (QED) is 0.847. The second-order valence-corrected chi connectivity index (χ2v) is 4.86. The highest BCUT2D eigenvalue weighted by Gasteiger charge is 2.14. The molecular formula is C17H21NO2. The van der Waals surface area contributed by atoms with Gasteiger partial charge in [0, 0.05) is 6.42 Å². The van der Waals surface area contributed by atoms with Crippen LogP contribution >= 0.6 is 0 Å². The van der Waals surface area contributed by atoms with Gasteiger partial charge in [-0.25, -0.2) is 0 Å². The van der Waals surface area contributed by atoms with Gasteiger partial charge in [-0.15, -0.1) is 0 Å². The Morgan fingerprint density at radius 2 is 1.90 bits per heavy atom. The second kappa shape index (κ2) is 6.96. The van der Waals surface area contributed by atoms with Crippen LogP contribution in [-0.2, 0) is 0 Å². The molecule has 3 heteroatoms. The van der Waals surface area contributed by atoms with Gasteiger partial charge in [0.1, 0.15) is 17.6 Å². The maximum absolute atomic E-state index is 9.46. The molecule has 0 unspecified atom stereocenters. The largest absolute Gasteiger partial charge is 0.508 e. The Morgan fingerprint density at radius 3 is 2.55 bits per heavy atom. The number of ether oxygens (including phenoxy) is 1. The number of aromatic hydroxyl groups is 1. The van der Waals surface area contributed by atoms with Gasteiger partial charge in [0.05, 0.1) is 0 Å². The molecule has 0 aromatic heterocycles. The lowest BCUT2D eigenvalue weighted by Crippen LogP contribution is -2.16. The second-order valence-electron chi connectivity index (χ2n) is 4.86. The number of benzene rings is 2. The lowest BCUT2D eigenvalue weighted by Gasteiger charge is -2.21. The van der Waals surface area contributed by atoms with E-state index < -0.39 is 0 Å². The van der Waals surface area contributed by atoms with Gasteiger partial charge < -0.3 is 15.2 Å². The monoisotopic (exact) mass is 273 g/mol. The summed E-state index contributed by atoms with van der Waals surface area (Å²) < 4.78 is 6.14. The third-order valence-corrected chi connectivity index (χ3v) is 3.26. The topological polar surface area (TPSA) is 41.5 Å². The van der Waals surface area contributed by atoms with Crippen LogP contribution in [0.1, 0.15) is 23.7 Å². The number of phenolic OH excluding ortho intramolecular Hbond substituents is 1. The zero-order valence-electron chi connectivity index (χ0n) is 12.0. The molecule has 0 radical (unpaired) electrons. The first-order valence-corrected chi connectivity index (χ1v) is 6.86. The van der Waals surface area contributed by atoms with Crippen molar-refractivity contribution in [2.24, 2.45) is 0 Å². The van der Waals surface area contributed by atoms with Gasteiger partial charge in [0.15, 0.2) is 0 Å². The molecule has 0 fully saturated rings. The van der Waals surface area contributed by atoms with Crippen molar-refractivity contribution in [3.8, 4) is 11.5 Å². The first kappa shape index (κ1) is 14.4. The summed E-state index contributed by atoms with van der Waals surface area (Å²) in [5.74, 6) is 1.08. The Kier molecular flexibility index (Phi) is 5.02. The fourth-order valence-electron chi connectivity index (χ4n) is 2.16. The minimum Gasteiger partial charge on any atom is -0.508 e. The SMILES string of the molecule is CNCC[14C@@H](Oc1ccc(O)cc1C)c1ccccc1. The van der Waals surface area contributed by atoms with E-state index in [1.54, 1.807) is 12.1 Å². The highest BCUT2D eigenvalue weighted by molar-refractivity contribution is 5.39. The van der Waals surface area contributed by atoms with Gasteiger partial charge in [-0.1, -0.05) is 30.3 Å². The number of nitrogens with one attached hydrogen (secondary N) is 1. The summed E-state index contributed by atoms with van der Waals surface area (Å²) in [5, 5.41) is 12.6. The number of phenols is 1. The summed E-state index contributed by atoms with van der Waals surface area (Å²) in [4.78, 5) is 0. The predicted molar refractivity (Wildman–Crippen MR) is 81.2 cm³/mol. The number of hydrogen-bond acceptors (Lipinski definition) is 3. The van der Waals surface area contributed by atoms with Gasteiger partial charge in [-0.2, -0.15) is 0 Å². The molecule has 0 bridgehead atoms. The molecule has 0 heterocycles. The Balaban J connectivity index is 2.19. The third kappa shape index (κ3) is 3.75. The number of aryl methyl sites for hydroxylation is 1. The Bertz CT molecular complexity index is 540. The third-order valence-electron chi connectivity index (χ3n) is 3.26. The summed E-state index contributed by atoms with van der Waals surface area (Å²) in [6, 6.07) is 15.4. The maximum atomic E-state index is 9.46. The molecule has 2 aromatic carbocycles. The van der Waals surface area contributed by atoms with Crippen LogP contribution in [0.25, 0.3) is 0 Å². The Morgan fingerprint density at radius 1 is 1.15 bits per heavy atom. The molecule has 0 amide bonds. The van der Waals surface area contributed by atoms with Gasteiger partial charge >= 0.3 is 0 Å². The fraction of sp³-hybridized carbons (Fsp3) is 0.294. The molecule has 0 saturated carbocycles. The van der Waals surface area contributed by atoms with E-state index >= 15 is 0 Å². The summed E-state index contributed by atoms with van der Waals surface area (Å²) >= 11 is 0. The lowest BCUT2D eigenvalue weighted by molar-refractivity contribution is 0.193. The van der Waals surface area contributed by atoms with Crippen LogP contribution in [0.4, 0.5) is 0 Å². The Labute approximate surface area is 120 Å². The van der Waals surface area contributed by atoms with E-state index in [0.717, 1.165) is 29.8 Å². The molecule has 20 heavy (non-hydrogen) atoms. The van der Waals surface area contributed by atoms with E-state index in [2.05, 4.69) is 17.4 Å². The highest BCUT2D eigenvalue weighted by Crippen LogP contribution is 2.29. The zero-order valence-corrected chi connectivity index (χ0v) is 12.0. The maximum Gasteiger partial charge on any atom is 0.125 e. The summed E-state index contributed by atoms with van der Waals surface area (Å²) in [7, 11) is 1.94. The van der Waals surface area contributed by atoms with E-state index in [1.165, 1.54) is 0 Å². The molecule has 106 valence electrons. The summed E-state index contributed by atoms with van der Waals surface area (Å²) in [6.07, 6.45) is 0.896. The van der Waals surface area contributed by atoms with Crippen LogP contribution in [0.3, 0.4) is 0 Å². The van der Waals surface area contributed by atoms with Crippen molar-refractivity contribution in [2.45, 2.75) is 19.4 Å². The standard InChI is InChI=1S/C17H21NO2/c1-13-12-15(19)8-9-16(13)20-17(10-11-18-2)14-6-4-3-5-7-14/h3-9,12,17-19H,10-11H2,1-2H3/t17-/m1/s1/i17+2. The van der Waals surface area contributed by atoms with Crippen molar-refractivity contribution in [1.29, 1.82) is 0 Å². The normalized spacial score (nSPS) is 12.1. The van der Waals surface area contributed by atoms with Crippen LogP contribution < -0.4 is 10.1 Å². The van der Waals surface area contributed by atoms with E-state index in [4.69, 9.17) is 4.74 Å². The van der Waals surface area contributed by atoms with Crippen LogP contribution in [0.2, 0.25) is 0 Å². The molecule has 0 saturated heterocycles. The predicted octanol–water partition coefficient (Wildman–Crippen LogP) is 3.43. The van der Waals surface area contributed by atoms with Crippen molar-refractivity contribution in [3.05, 3.63) is 59.7 Å². The minimum atomic E-state index is 0.00638. The molecule has 0 spiro atoms. The van der Waals surface area contributed by atoms with E-state index in [-0.39, 0.29) is 11.9 Å². The first-order chi connectivity index (χ1) is 9.70. The van der Waals surface area contributed by atoms with Crippen LogP contribution in [0.15, 0.2) is 48.5 Å². The molecule has 0 aliphatic rings. The average Bonchev–Trinajstić information content (AvgIpc) is 2.46. The van der Waals surface area contributed by atoms with Gasteiger partial charge in [0.2, 0.25) is 0 Å². The van der Waals surface area contributed by atoms with Crippen LogP contribution in [0.5, 0.6) is 11.5 Å². The molecule has 2 aromatic rings. The zero-order chi connectivity index (χ0) is 14.4. The fourth-order valence-corrected chi connectivity index (χ4v) is 2.16. The van der Waals surface area contributed by atoms with Crippen molar-refractivity contribution in [1.82, 2.24) is 5.32 Å². The first-order valence-electron chi connectivity index (χ1n) is 6.86. The van der Waals surface area contributed by atoms with Crippen molar-refractivity contribution in [3.63, 3.8) is 0 Å². The summed E-state index contributed by atoms with van der Waals surface area (Å²) in [6.45, 7) is 2.83. The van der Waals surface area contributed by atoms with Crippen molar-refractivity contribution in [2.75, 3.05) is 13.6 Å². The minimum absolute atomic E-state index is 0.00638. The van der Waals surface area contributed by atoms with E-state index in [0.29, 0.717) is 0 Å². The highest BCUT2D eigenvalue weighted by atomic mass is 16.7. The molecule has 2 N–H and O–H groups in total. The van der Waals surface area contributed by atoms with Crippen molar-refractivity contribution >= 4 is 0 Å². The molecule has 2 rings (SSSR count). The summed E-state index contributed by atoms with van der Waals surface area (Å²) in [5.41, 5.74) is 2.10. The van der Waals surface area contributed by atoms with Gasteiger partial charge in [-0.05, 0) is 49.8 Å². The van der Waals surface area contributed by atoms with Crippen molar-refractivity contribution < 1.29 is 9.84 Å². The number of rotatable bonds is 6. The molecule has 1 atom stereocenters. The smallest absolute Gasteiger partial charge is 0.125 e. The van der Waals surface area contributed by atoms with Gasteiger partial charge in [-0.3, -0.25) is 0 Å². The Hall–Kier alpha value is -2.00. The van der Waals surface area contributed by atoms with E-state index in [1.807, 2.05) is 38.2 Å². The molecule has 0 aliphatic heterocycles. The molecule has 0 aliphatic carbocycles. The van der Waals surface area contributed by atoms with Gasteiger partial charge in [0.25, 0.3) is 0 Å². The lowest BCUT2D eigenvalue weighted by atomic mass is 10.2. The van der Waals surface area contributed by atoms with Crippen LogP contribution in [0, 0.1) is 6.92 Å².